The van der Waals surface area contributed by atoms with Gasteiger partial charge in [-0.1, -0.05) is 20.8 Å². The second-order valence-corrected chi connectivity index (χ2v) is 5.91. The van der Waals surface area contributed by atoms with E-state index in [1.807, 2.05) is 6.07 Å². The number of aliphatic hydroxyl groups excluding tert-OH is 1. The van der Waals surface area contributed by atoms with Gasteiger partial charge in [0.2, 0.25) is 0 Å². The van der Waals surface area contributed by atoms with Gasteiger partial charge in [-0.05, 0) is 35.7 Å². The van der Waals surface area contributed by atoms with Crippen LogP contribution in [0.3, 0.4) is 0 Å². The predicted molar refractivity (Wildman–Crippen MR) is 77.8 cm³/mol. The first kappa shape index (κ1) is 15.4. The van der Waals surface area contributed by atoms with Crippen LogP contribution in [-0.4, -0.2) is 27.2 Å². The van der Waals surface area contributed by atoms with Gasteiger partial charge in [0.15, 0.2) is 0 Å². The maximum absolute atomic E-state index is 9.13. The van der Waals surface area contributed by atoms with E-state index in [-0.39, 0.29) is 18.1 Å². The number of hydrogen-bond donors (Lipinski definition) is 2. The summed E-state index contributed by atoms with van der Waals surface area (Å²) in [4.78, 5) is 8.87. The molecule has 4 nitrogen and oxygen atoms in total. The Hall–Kier alpha value is -0.680. The molecule has 0 aliphatic rings. The molecule has 0 aliphatic heterocycles. The molecule has 1 heterocycles. The minimum Gasteiger partial charge on any atom is -0.396 e. The Labute approximate surface area is 117 Å². The van der Waals surface area contributed by atoms with Gasteiger partial charge >= 0.3 is 0 Å². The van der Waals surface area contributed by atoms with E-state index >= 15 is 0 Å². The number of nitrogens with zero attached hydrogens (tertiary/aromatic N) is 2. The second-order valence-electron chi connectivity index (χ2n) is 5.10. The highest BCUT2D eigenvalue weighted by Gasteiger charge is 2.22. The van der Waals surface area contributed by atoms with Crippen LogP contribution in [0.15, 0.2) is 10.7 Å². The number of hydrogen-bond acceptors (Lipinski definition) is 4. The van der Waals surface area contributed by atoms with Gasteiger partial charge in [0.05, 0.1) is 0 Å². The van der Waals surface area contributed by atoms with E-state index in [0.717, 1.165) is 22.7 Å². The summed E-state index contributed by atoms with van der Waals surface area (Å²) in [6.45, 7) is 8.49. The van der Waals surface area contributed by atoms with Crippen LogP contribution in [0.4, 0.5) is 5.82 Å². The summed E-state index contributed by atoms with van der Waals surface area (Å²) in [5.74, 6) is 1.90. The topological polar surface area (TPSA) is 58.0 Å². The van der Waals surface area contributed by atoms with Crippen molar-refractivity contribution in [2.45, 2.75) is 52.0 Å². The van der Waals surface area contributed by atoms with Crippen molar-refractivity contribution in [1.29, 1.82) is 0 Å². The number of halogens is 1. The number of aliphatic hydroxyl groups is 1. The Morgan fingerprint density at radius 1 is 1.44 bits per heavy atom. The van der Waals surface area contributed by atoms with Gasteiger partial charge in [-0.25, -0.2) is 9.97 Å². The predicted octanol–water partition coefficient (Wildman–Crippen LogP) is 3.33. The fourth-order valence-corrected chi connectivity index (χ4v) is 2.04. The van der Waals surface area contributed by atoms with E-state index in [0.29, 0.717) is 6.42 Å². The largest absolute Gasteiger partial charge is 0.396 e. The van der Waals surface area contributed by atoms with Crippen molar-refractivity contribution in [2.24, 2.45) is 0 Å². The van der Waals surface area contributed by atoms with Crippen molar-refractivity contribution in [3.63, 3.8) is 0 Å². The molecule has 0 saturated carbocycles. The van der Waals surface area contributed by atoms with E-state index in [9.17, 15) is 0 Å². The summed E-state index contributed by atoms with van der Waals surface area (Å²) >= 11 is 3.41. The van der Waals surface area contributed by atoms with Gasteiger partial charge in [-0.3, -0.25) is 0 Å². The molecule has 102 valence electrons. The SMILES string of the molecule is CCC(C)(CCO)Nc1cc(Br)nc(C(C)C)n1. The Morgan fingerprint density at radius 3 is 2.61 bits per heavy atom. The van der Waals surface area contributed by atoms with E-state index < -0.39 is 0 Å². The van der Waals surface area contributed by atoms with Gasteiger partial charge < -0.3 is 10.4 Å². The summed E-state index contributed by atoms with van der Waals surface area (Å²) in [7, 11) is 0. The summed E-state index contributed by atoms with van der Waals surface area (Å²) in [6, 6.07) is 1.87. The normalized spacial score (nSPS) is 14.6. The molecule has 0 radical (unpaired) electrons. The highest BCUT2D eigenvalue weighted by molar-refractivity contribution is 9.10. The van der Waals surface area contributed by atoms with Gasteiger partial charge in [0, 0.05) is 24.1 Å². The molecule has 5 heteroatoms. The average molecular weight is 316 g/mol. The Bertz CT molecular complexity index is 398. The molecule has 0 spiro atoms. The second kappa shape index (κ2) is 6.48. The Balaban J connectivity index is 2.96. The lowest BCUT2D eigenvalue weighted by molar-refractivity contribution is 0.251. The van der Waals surface area contributed by atoms with Crippen LogP contribution < -0.4 is 5.32 Å². The average Bonchev–Trinajstić information content (AvgIpc) is 2.28. The molecule has 0 amide bonds. The minimum atomic E-state index is -0.142. The number of rotatable bonds is 6. The quantitative estimate of drug-likeness (QED) is 0.791. The van der Waals surface area contributed by atoms with Crippen molar-refractivity contribution in [2.75, 3.05) is 11.9 Å². The Morgan fingerprint density at radius 2 is 2.11 bits per heavy atom. The van der Waals surface area contributed by atoms with E-state index in [1.54, 1.807) is 0 Å². The summed E-state index contributed by atoms with van der Waals surface area (Å²) in [6.07, 6.45) is 1.62. The first-order valence-electron chi connectivity index (χ1n) is 6.33. The van der Waals surface area contributed by atoms with E-state index in [4.69, 9.17) is 5.11 Å². The van der Waals surface area contributed by atoms with Crippen LogP contribution in [0.25, 0.3) is 0 Å². The number of aromatic nitrogens is 2. The molecular formula is C13H22BrN3O. The third-order valence-corrected chi connectivity index (χ3v) is 3.51. The summed E-state index contributed by atoms with van der Waals surface area (Å²) < 4.78 is 0.783. The molecule has 18 heavy (non-hydrogen) atoms. The molecule has 1 atom stereocenters. The van der Waals surface area contributed by atoms with Gasteiger partial charge in [-0.15, -0.1) is 0 Å². The first-order valence-corrected chi connectivity index (χ1v) is 7.13. The molecule has 0 fully saturated rings. The van der Waals surface area contributed by atoms with Crippen molar-refractivity contribution in [1.82, 2.24) is 9.97 Å². The molecule has 1 aromatic rings. The number of anilines is 1. The zero-order valence-corrected chi connectivity index (χ0v) is 13.1. The third-order valence-electron chi connectivity index (χ3n) is 3.10. The molecule has 0 saturated heterocycles. The van der Waals surface area contributed by atoms with E-state index in [2.05, 4.69) is 58.9 Å². The molecule has 1 rings (SSSR count). The lowest BCUT2D eigenvalue weighted by Gasteiger charge is -2.29. The zero-order chi connectivity index (χ0) is 13.8. The van der Waals surface area contributed by atoms with Crippen molar-refractivity contribution in [3.05, 3.63) is 16.5 Å². The van der Waals surface area contributed by atoms with Crippen LogP contribution >= 0.6 is 15.9 Å². The van der Waals surface area contributed by atoms with Crippen LogP contribution in [0, 0.1) is 0 Å². The standard InChI is InChI=1S/C13H22BrN3O/c1-5-13(4,6-7-18)17-11-8-10(14)15-12(16-11)9(2)3/h8-9,18H,5-7H2,1-4H3,(H,15,16,17). The van der Waals surface area contributed by atoms with Gasteiger partial charge in [0.25, 0.3) is 0 Å². The molecule has 1 aromatic heterocycles. The first-order chi connectivity index (χ1) is 8.40. The molecule has 2 N–H and O–H groups in total. The lowest BCUT2D eigenvalue weighted by Crippen LogP contribution is -2.35. The summed E-state index contributed by atoms with van der Waals surface area (Å²) in [5.41, 5.74) is -0.142. The van der Waals surface area contributed by atoms with Crippen LogP contribution in [-0.2, 0) is 0 Å². The monoisotopic (exact) mass is 315 g/mol. The van der Waals surface area contributed by atoms with Crippen molar-refractivity contribution >= 4 is 21.7 Å². The smallest absolute Gasteiger partial charge is 0.134 e. The Kier molecular flexibility index (Phi) is 5.53. The molecule has 1 unspecified atom stereocenters. The minimum absolute atomic E-state index is 0.142. The zero-order valence-electron chi connectivity index (χ0n) is 11.5. The summed E-state index contributed by atoms with van der Waals surface area (Å²) in [5, 5.41) is 12.5. The third kappa shape index (κ3) is 4.21. The molecular weight excluding hydrogens is 294 g/mol. The van der Waals surface area contributed by atoms with Gasteiger partial charge in [-0.2, -0.15) is 0 Å². The van der Waals surface area contributed by atoms with Gasteiger partial charge in [0.1, 0.15) is 16.2 Å². The number of nitrogens with one attached hydrogen (secondary N) is 1. The van der Waals surface area contributed by atoms with E-state index in [1.165, 1.54) is 0 Å². The molecule has 0 bridgehead atoms. The van der Waals surface area contributed by atoms with Crippen LogP contribution in [0.2, 0.25) is 0 Å². The fourth-order valence-electron chi connectivity index (χ4n) is 1.64. The highest BCUT2D eigenvalue weighted by Crippen LogP contribution is 2.23. The molecule has 0 aromatic carbocycles. The van der Waals surface area contributed by atoms with Crippen molar-refractivity contribution in [3.8, 4) is 0 Å². The van der Waals surface area contributed by atoms with Crippen LogP contribution in [0.5, 0.6) is 0 Å². The lowest BCUT2D eigenvalue weighted by atomic mass is 9.95. The fraction of sp³-hybridized carbons (Fsp3) is 0.692. The maximum Gasteiger partial charge on any atom is 0.134 e. The van der Waals surface area contributed by atoms with Crippen LogP contribution in [0.1, 0.15) is 52.3 Å². The maximum atomic E-state index is 9.13. The highest BCUT2D eigenvalue weighted by atomic mass is 79.9. The molecule has 0 aliphatic carbocycles. The van der Waals surface area contributed by atoms with Crippen molar-refractivity contribution < 1.29 is 5.11 Å².